The highest BCUT2D eigenvalue weighted by Gasteiger charge is 2.23. The van der Waals surface area contributed by atoms with Crippen molar-refractivity contribution in [1.29, 1.82) is 0 Å². The van der Waals surface area contributed by atoms with Crippen LogP contribution in [0.15, 0.2) is 24.3 Å². The number of rotatable bonds is 3. The number of amides is 2. The molecule has 0 spiro atoms. The summed E-state index contributed by atoms with van der Waals surface area (Å²) < 4.78 is 0. The zero-order chi connectivity index (χ0) is 15.5. The fourth-order valence-corrected chi connectivity index (χ4v) is 2.43. The second-order valence-electron chi connectivity index (χ2n) is 6.76. The SMILES string of the molecule is CC(C)(C)C(=O)Nc1cccc(NC(=O)C2CCCC2)c1. The summed E-state index contributed by atoms with van der Waals surface area (Å²) in [6, 6.07) is 7.31. The van der Waals surface area contributed by atoms with Gasteiger partial charge in [0.15, 0.2) is 0 Å². The Morgan fingerprint density at radius 3 is 2.19 bits per heavy atom. The lowest BCUT2D eigenvalue weighted by atomic mass is 9.95. The van der Waals surface area contributed by atoms with Crippen LogP contribution >= 0.6 is 0 Å². The van der Waals surface area contributed by atoms with E-state index in [1.807, 2.05) is 39.0 Å². The molecule has 1 aromatic rings. The lowest BCUT2D eigenvalue weighted by Gasteiger charge is -2.18. The number of nitrogens with one attached hydrogen (secondary N) is 2. The molecule has 1 aliphatic rings. The van der Waals surface area contributed by atoms with Gasteiger partial charge in [-0.3, -0.25) is 9.59 Å². The smallest absolute Gasteiger partial charge is 0.229 e. The Hall–Kier alpha value is -1.84. The normalized spacial score (nSPS) is 15.8. The second kappa shape index (κ2) is 6.29. The first-order valence-corrected chi connectivity index (χ1v) is 7.58. The van der Waals surface area contributed by atoms with Gasteiger partial charge in [0.25, 0.3) is 0 Å². The van der Waals surface area contributed by atoms with Gasteiger partial charge in [-0.25, -0.2) is 0 Å². The molecule has 0 aromatic heterocycles. The van der Waals surface area contributed by atoms with Gasteiger partial charge in [0.2, 0.25) is 11.8 Å². The van der Waals surface area contributed by atoms with E-state index in [4.69, 9.17) is 0 Å². The molecule has 0 atom stereocenters. The van der Waals surface area contributed by atoms with Gasteiger partial charge in [-0.15, -0.1) is 0 Å². The van der Waals surface area contributed by atoms with Gasteiger partial charge in [-0.2, -0.15) is 0 Å². The van der Waals surface area contributed by atoms with E-state index >= 15 is 0 Å². The van der Waals surface area contributed by atoms with E-state index in [0.29, 0.717) is 5.69 Å². The summed E-state index contributed by atoms with van der Waals surface area (Å²) in [5.41, 5.74) is 1.00. The van der Waals surface area contributed by atoms with Crippen LogP contribution in [-0.2, 0) is 9.59 Å². The molecule has 0 unspecified atom stereocenters. The molecule has 2 amide bonds. The molecule has 1 saturated carbocycles. The van der Waals surface area contributed by atoms with Crippen molar-refractivity contribution in [3.8, 4) is 0 Å². The van der Waals surface area contributed by atoms with Crippen LogP contribution in [0.4, 0.5) is 11.4 Å². The van der Waals surface area contributed by atoms with Gasteiger partial charge in [0.1, 0.15) is 0 Å². The van der Waals surface area contributed by atoms with Gasteiger partial charge in [-0.1, -0.05) is 39.7 Å². The van der Waals surface area contributed by atoms with Crippen LogP contribution in [0.5, 0.6) is 0 Å². The fraction of sp³-hybridized carbons (Fsp3) is 0.529. The summed E-state index contributed by atoms with van der Waals surface area (Å²) in [6.45, 7) is 5.61. The number of hydrogen-bond donors (Lipinski definition) is 2. The third-order valence-electron chi connectivity index (χ3n) is 3.80. The molecular formula is C17H24N2O2. The number of hydrogen-bond acceptors (Lipinski definition) is 2. The molecule has 1 aromatic carbocycles. The molecule has 1 aliphatic carbocycles. The molecule has 0 heterocycles. The first-order chi connectivity index (χ1) is 9.86. The Kier molecular flexibility index (Phi) is 4.66. The van der Waals surface area contributed by atoms with E-state index < -0.39 is 5.41 Å². The number of benzene rings is 1. The van der Waals surface area contributed by atoms with Gasteiger partial charge in [-0.05, 0) is 31.0 Å². The van der Waals surface area contributed by atoms with E-state index in [0.717, 1.165) is 31.4 Å². The first kappa shape index (κ1) is 15.5. The van der Waals surface area contributed by atoms with Gasteiger partial charge >= 0.3 is 0 Å². The Bertz CT molecular complexity index is 526. The molecule has 114 valence electrons. The molecule has 2 rings (SSSR count). The molecule has 21 heavy (non-hydrogen) atoms. The zero-order valence-corrected chi connectivity index (χ0v) is 13.0. The maximum atomic E-state index is 12.1. The predicted octanol–water partition coefficient (Wildman–Crippen LogP) is 3.80. The van der Waals surface area contributed by atoms with E-state index in [2.05, 4.69) is 10.6 Å². The lowest BCUT2D eigenvalue weighted by molar-refractivity contribution is -0.123. The van der Waals surface area contributed by atoms with Crippen LogP contribution in [-0.4, -0.2) is 11.8 Å². The van der Waals surface area contributed by atoms with Crippen molar-refractivity contribution in [2.24, 2.45) is 11.3 Å². The minimum atomic E-state index is -0.441. The highest BCUT2D eigenvalue weighted by Crippen LogP contribution is 2.26. The number of carbonyl (C=O) groups excluding carboxylic acids is 2. The topological polar surface area (TPSA) is 58.2 Å². The first-order valence-electron chi connectivity index (χ1n) is 7.58. The lowest BCUT2D eigenvalue weighted by Crippen LogP contribution is -2.27. The predicted molar refractivity (Wildman–Crippen MR) is 85.1 cm³/mol. The third-order valence-corrected chi connectivity index (χ3v) is 3.80. The van der Waals surface area contributed by atoms with Crippen molar-refractivity contribution in [3.05, 3.63) is 24.3 Å². The molecule has 0 saturated heterocycles. The largest absolute Gasteiger partial charge is 0.326 e. The molecular weight excluding hydrogens is 264 g/mol. The molecule has 4 heteroatoms. The van der Waals surface area contributed by atoms with Crippen LogP contribution in [0.3, 0.4) is 0 Å². The van der Waals surface area contributed by atoms with Gasteiger partial charge < -0.3 is 10.6 Å². The number of carbonyl (C=O) groups is 2. The molecule has 4 nitrogen and oxygen atoms in total. The number of anilines is 2. The molecule has 0 radical (unpaired) electrons. The maximum Gasteiger partial charge on any atom is 0.229 e. The summed E-state index contributed by atoms with van der Waals surface area (Å²) >= 11 is 0. The van der Waals surface area contributed by atoms with Crippen molar-refractivity contribution in [2.75, 3.05) is 10.6 Å². The molecule has 0 bridgehead atoms. The van der Waals surface area contributed by atoms with Crippen molar-refractivity contribution >= 4 is 23.2 Å². The summed E-state index contributed by atoms with van der Waals surface area (Å²) in [5.74, 6) is 0.186. The Morgan fingerprint density at radius 1 is 1.05 bits per heavy atom. The van der Waals surface area contributed by atoms with E-state index in [1.54, 1.807) is 6.07 Å². The van der Waals surface area contributed by atoms with Crippen LogP contribution in [0.2, 0.25) is 0 Å². The third kappa shape index (κ3) is 4.31. The summed E-state index contributed by atoms with van der Waals surface area (Å²) in [4.78, 5) is 24.1. The van der Waals surface area contributed by atoms with Crippen molar-refractivity contribution in [3.63, 3.8) is 0 Å². The fourth-order valence-electron chi connectivity index (χ4n) is 2.43. The monoisotopic (exact) mass is 288 g/mol. The minimum absolute atomic E-state index is 0.0400. The highest BCUT2D eigenvalue weighted by atomic mass is 16.2. The standard InChI is InChI=1S/C17H24N2O2/c1-17(2,3)16(21)19-14-10-6-9-13(11-14)18-15(20)12-7-4-5-8-12/h6,9-12H,4-5,7-8H2,1-3H3,(H,18,20)(H,19,21). The Balaban J connectivity index is 2.00. The van der Waals surface area contributed by atoms with Crippen molar-refractivity contribution in [2.45, 2.75) is 46.5 Å². The summed E-state index contributed by atoms with van der Waals surface area (Å²) in [5, 5.41) is 5.82. The summed E-state index contributed by atoms with van der Waals surface area (Å²) in [6.07, 6.45) is 4.23. The van der Waals surface area contributed by atoms with Crippen LogP contribution in [0.25, 0.3) is 0 Å². The molecule has 0 aliphatic heterocycles. The minimum Gasteiger partial charge on any atom is -0.326 e. The maximum absolute atomic E-state index is 12.1. The Labute approximate surface area is 126 Å². The Morgan fingerprint density at radius 2 is 1.62 bits per heavy atom. The molecule has 1 fully saturated rings. The van der Waals surface area contributed by atoms with E-state index in [9.17, 15) is 9.59 Å². The van der Waals surface area contributed by atoms with E-state index in [1.165, 1.54) is 0 Å². The van der Waals surface area contributed by atoms with Gasteiger partial charge in [0, 0.05) is 22.7 Å². The van der Waals surface area contributed by atoms with E-state index in [-0.39, 0.29) is 17.7 Å². The van der Waals surface area contributed by atoms with Crippen LogP contribution in [0, 0.1) is 11.3 Å². The van der Waals surface area contributed by atoms with Crippen molar-refractivity contribution in [1.82, 2.24) is 0 Å². The highest BCUT2D eigenvalue weighted by molar-refractivity contribution is 5.96. The summed E-state index contributed by atoms with van der Waals surface area (Å²) in [7, 11) is 0. The quantitative estimate of drug-likeness (QED) is 0.888. The average Bonchev–Trinajstić information content (AvgIpc) is 2.91. The van der Waals surface area contributed by atoms with Crippen LogP contribution in [0.1, 0.15) is 46.5 Å². The molecule has 2 N–H and O–H groups in total. The van der Waals surface area contributed by atoms with Gasteiger partial charge in [0.05, 0.1) is 0 Å². The van der Waals surface area contributed by atoms with Crippen molar-refractivity contribution < 1.29 is 9.59 Å². The second-order valence-corrected chi connectivity index (χ2v) is 6.76. The van der Waals surface area contributed by atoms with Crippen LogP contribution < -0.4 is 10.6 Å². The average molecular weight is 288 g/mol. The zero-order valence-electron chi connectivity index (χ0n) is 13.0.